The van der Waals surface area contributed by atoms with E-state index in [1.807, 2.05) is 17.9 Å². The Morgan fingerprint density at radius 2 is 2.04 bits per heavy atom. The molecule has 6 nitrogen and oxygen atoms in total. The molecule has 3 heterocycles. The minimum atomic E-state index is 0.399. The average molecular weight is 350 g/mol. The van der Waals surface area contributed by atoms with Gasteiger partial charge in [0.2, 0.25) is 0 Å². The summed E-state index contributed by atoms with van der Waals surface area (Å²) in [5.41, 5.74) is 2.27. The van der Waals surface area contributed by atoms with Gasteiger partial charge in [0.25, 0.3) is 0 Å². The zero-order valence-electron chi connectivity index (χ0n) is 15.5. The van der Waals surface area contributed by atoms with Gasteiger partial charge in [0, 0.05) is 32.6 Å². The van der Waals surface area contributed by atoms with Gasteiger partial charge in [0.15, 0.2) is 5.65 Å². The SMILES string of the molecule is CCc1nc(NC2CCCN(Cc3ccccc3)C2)c2cnn(C)c2n1. The van der Waals surface area contributed by atoms with Crippen molar-refractivity contribution >= 4 is 16.9 Å². The van der Waals surface area contributed by atoms with E-state index in [1.165, 1.54) is 18.4 Å². The highest BCUT2D eigenvalue weighted by Gasteiger charge is 2.22. The average Bonchev–Trinajstić information content (AvgIpc) is 3.04. The number of benzene rings is 1. The topological polar surface area (TPSA) is 58.9 Å². The molecule has 0 aliphatic carbocycles. The fourth-order valence-electron chi connectivity index (χ4n) is 3.69. The predicted octanol–water partition coefficient (Wildman–Crippen LogP) is 3.00. The molecular formula is C20H26N6. The van der Waals surface area contributed by atoms with Crippen LogP contribution in [0.25, 0.3) is 11.0 Å². The highest BCUT2D eigenvalue weighted by atomic mass is 15.3. The number of hydrogen-bond donors (Lipinski definition) is 1. The van der Waals surface area contributed by atoms with Crippen LogP contribution in [-0.4, -0.2) is 43.8 Å². The van der Waals surface area contributed by atoms with Crippen LogP contribution in [-0.2, 0) is 20.0 Å². The molecule has 0 amide bonds. The highest BCUT2D eigenvalue weighted by Crippen LogP contribution is 2.23. The lowest BCUT2D eigenvalue weighted by atomic mass is 10.0. The van der Waals surface area contributed by atoms with Gasteiger partial charge in [-0.25, -0.2) is 9.97 Å². The molecule has 0 radical (unpaired) electrons. The maximum atomic E-state index is 4.74. The van der Waals surface area contributed by atoms with Crippen molar-refractivity contribution in [3.8, 4) is 0 Å². The molecule has 1 saturated heterocycles. The van der Waals surface area contributed by atoms with E-state index in [1.54, 1.807) is 0 Å². The summed E-state index contributed by atoms with van der Waals surface area (Å²) in [6, 6.07) is 11.1. The van der Waals surface area contributed by atoms with Gasteiger partial charge in [-0.1, -0.05) is 37.3 Å². The largest absolute Gasteiger partial charge is 0.365 e. The lowest BCUT2D eigenvalue weighted by molar-refractivity contribution is 0.208. The molecule has 0 saturated carbocycles. The zero-order chi connectivity index (χ0) is 17.9. The standard InChI is InChI=1S/C20H26N6/c1-3-18-23-19(17-12-21-25(2)20(17)24-18)22-16-10-7-11-26(14-16)13-15-8-5-4-6-9-15/h4-6,8-9,12,16H,3,7,10-11,13-14H2,1-2H3,(H,22,23,24). The number of aromatic nitrogens is 4. The monoisotopic (exact) mass is 350 g/mol. The highest BCUT2D eigenvalue weighted by molar-refractivity contribution is 5.86. The first-order chi connectivity index (χ1) is 12.7. The first-order valence-corrected chi connectivity index (χ1v) is 9.44. The third-order valence-electron chi connectivity index (χ3n) is 5.05. The van der Waals surface area contributed by atoms with Crippen LogP contribution >= 0.6 is 0 Å². The van der Waals surface area contributed by atoms with E-state index >= 15 is 0 Å². The van der Waals surface area contributed by atoms with E-state index in [0.29, 0.717) is 6.04 Å². The van der Waals surface area contributed by atoms with Crippen molar-refractivity contribution in [3.63, 3.8) is 0 Å². The van der Waals surface area contributed by atoms with Crippen LogP contribution in [0.4, 0.5) is 5.82 Å². The van der Waals surface area contributed by atoms with E-state index in [9.17, 15) is 0 Å². The van der Waals surface area contributed by atoms with Crippen LogP contribution in [0.5, 0.6) is 0 Å². The number of rotatable bonds is 5. The molecule has 3 aromatic rings. The predicted molar refractivity (Wildman–Crippen MR) is 104 cm³/mol. The molecule has 4 rings (SSSR count). The molecule has 136 valence electrons. The molecule has 0 bridgehead atoms. The van der Waals surface area contributed by atoms with Crippen molar-refractivity contribution in [2.75, 3.05) is 18.4 Å². The van der Waals surface area contributed by atoms with E-state index < -0.39 is 0 Å². The number of hydrogen-bond acceptors (Lipinski definition) is 5. The fourth-order valence-corrected chi connectivity index (χ4v) is 3.69. The first-order valence-electron chi connectivity index (χ1n) is 9.44. The molecule has 26 heavy (non-hydrogen) atoms. The number of piperidine rings is 1. The van der Waals surface area contributed by atoms with E-state index in [2.05, 4.69) is 57.6 Å². The van der Waals surface area contributed by atoms with Gasteiger partial charge in [-0.05, 0) is 24.9 Å². The molecule has 6 heteroatoms. The van der Waals surface area contributed by atoms with E-state index in [0.717, 1.165) is 48.7 Å². The van der Waals surface area contributed by atoms with Gasteiger partial charge in [-0.3, -0.25) is 9.58 Å². The second-order valence-electron chi connectivity index (χ2n) is 7.05. The third-order valence-corrected chi connectivity index (χ3v) is 5.05. The molecular weight excluding hydrogens is 324 g/mol. The van der Waals surface area contributed by atoms with Crippen molar-refractivity contribution < 1.29 is 0 Å². The van der Waals surface area contributed by atoms with Gasteiger partial charge in [-0.15, -0.1) is 0 Å². The van der Waals surface area contributed by atoms with Gasteiger partial charge in [0.1, 0.15) is 11.6 Å². The second kappa shape index (κ2) is 7.41. The number of nitrogens with zero attached hydrogens (tertiary/aromatic N) is 5. The molecule has 1 unspecified atom stereocenters. The number of fused-ring (bicyclic) bond motifs is 1. The fraction of sp³-hybridized carbons (Fsp3) is 0.450. The summed E-state index contributed by atoms with van der Waals surface area (Å²) in [4.78, 5) is 11.9. The maximum Gasteiger partial charge on any atom is 0.163 e. The molecule has 0 spiro atoms. The normalized spacial score (nSPS) is 18.3. The molecule has 1 N–H and O–H groups in total. The van der Waals surface area contributed by atoms with Crippen molar-refractivity contribution in [2.24, 2.45) is 7.05 Å². The molecule has 1 aliphatic rings. The lowest BCUT2D eigenvalue weighted by Crippen LogP contribution is -2.41. The molecule has 1 aromatic carbocycles. The number of likely N-dealkylation sites (tertiary alicyclic amines) is 1. The summed E-state index contributed by atoms with van der Waals surface area (Å²) < 4.78 is 1.82. The quantitative estimate of drug-likeness (QED) is 0.766. The third kappa shape index (κ3) is 3.55. The van der Waals surface area contributed by atoms with Crippen LogP contribution in [0.2, 0.25) is 0 Å². The Hall–Kier alpha value is -2.47. The summed E-state index contributed by atoms with van der Waals surface area (Å²) >= 11 is 0. The minimum absolute atomic E-state index is 0.399. The van der Waals surface area contributed by atoms with Crippen LogP contribution in [0.3, 0.4) is 0 Å². The second-order valence-corrected chi connectivity index (χ2v) is 7.05. The maximum absolute atomic E-state index is 4.74. The number of anilines is 1. The Bertz CT molecular complexity index is 873. The summed E-state index contributed by atoms with van der Waals surface area (Å²) in [6.45, 7) is 5.27. The smallest absolute Gasteiger partial charge is 0.163 e. The van der Waals surface area contributed by atoms with Crippen molar-refractivity contribution in [1.82, 2.24) is 24.6 Å². The van der Waals surface area contributed by atoms with Crippen LogP contribution < -0.4 is 5.32 Å². The van der Waals surface area contributed by atoms with Crippen molar-refractivity contribution in [2.45, 2.75) is 38.8 Å². The minimum Gasteiger partial charge on any atom is -0.365 e. The summed E-state index contributed by atoms with van der Waals surface area (Å²) in [5, 5.41) is 9.05. The molecule has 1 atom stereocenters. The van der Waals surface area contributed by atoms with E-state index in [4.69, 9.17) is 4.98 Å². The van der Waals surface area contributed by atoms with Gasteiger partial charge < -0.3 is 5.32 Å². The Morgan fingerprint density at radius 1 is 1.19 bits per heavy atom. The Kier molecular flexibility index (Phi) is 4.84. The van der Waals surface area contributed by atoms with Crippen molar-refractivity contribution in [1.29, 1.82) is 0 Å². The number of nitrogens with one attached hydrogen (secondary N) is 1. The lowest BCUT2D eigenvalue weighted by Gasteiger charge is -2.33. The molecule has 1 fully saturated rings. The van der Waals surface area contributed by atoms with Gasteiger partial charge in [0.05, 0.1) is 11.6 Å². The Balaban J connectivity index is 1.51. The summed E-state index contributed by atoms with van der Waals surface area (Å²) in [6.07, 6.45) is 5.05. The van der Waals surface area contributed by atoms with Crippen LogP contribution in [0.15, 0.2) is 36.5 Å². The van der Waals surface area contributed by atoms with Gasteiger partial charge >= 0.3 is 0 Å². The zero-order valence-corrected chi connectivity index (χ0v) is 15.5. The van der Waals surface area contributed by atoms with Crippen LogP contribution in [0, 0.1) is 0 Å². The van der Waals surface area contributed by atoms with Gasteiger partial charge in [-0.2, -0.15) is 5.10 Å². The summed E-state index contributed by atoms with van der Waals surface area (Å²) in [7, 11) is 1.93. The van der Waals surface area contributed by atoms with E-state index in [-0.39, 0.29) is 0 Å². The molecule has 2 aromatic heterocycles. The van der Waals surface area contributed by atoms with Crippen molar-refractivity contribution in [3.05, 3.63) is 47.9 Å². The Morgan fingerprint density at radius 3 is 2.85 bits per heavy atom. The number of aryl methyl sites for hydroxylation is 2. The molecule has 1 aliphatic heterocycles. The summed E-state index contributed by atoms with van der Waals surface area (Å²) in [5.74, 6) is 1.78. The first kappa shape index (κ1) is 17.0. The Labute approximate surface area is 154 Å². The van der Waals surface area contributed by atoms with Crippen LogP contribution in [0.1, 0.15) is 31.2 Å².